The maximum absolute atomic E-state index is 12.8. The van der Waals surface area contributed by atoms with Crippen molar-refractivity contribution in [3.63, 3.8) is 0 Å². The van der Waals surface area contributed by atoms with Crippen LogP contribution >= 0.6 is 11.3 Å². The molecule has 0 saturated carbocycles. The molecule has 0 spiro atoms. The highest BCUT2D eigenvalue weighted by Gasteiger charge is 2.24. The molecule has 1 aromatic heterocycles. The van der Waals surface area contributed by atoms with Crippen molar-refractivity contribution < 1.29 is 14.3 Å². The van der Waals surface area contributed by atoms with Crippen LogP contribution in [0.3, 0.4) is 0 Å². The first kappa shape index (κ1) is 16.5. The van der Waals surface area contributed by atoms with Gasteiger partial charge in [-0.3, -0.25) is 4.79 Å². The predicted octanol–water partition coefficient (Wildman–Crippen LogP) is 4.14. The second-order valence-electron chi connectivity index (χ2n) is 7.00. The first-order valence-corrected chi connectivity index (χ1v) is 9.79. The minimum absolute atomic E-state index is 0.0226. The fourth-order valence-electron chi connectivity index (χ4n) is 3.55. The van der Waals surface area contributed by atoms with Gasteiger partial charge in [-0.15, -0.1) is 11.3 Å². The van der Waals surface area contributed by atoms with Gasteiger partial charge in [0.25, 0.3) is 5.91 Å². The van der Waals surface area contributed by atoms with Gasteiger partial charge in [0.2, 0.25) is 0 Å². The fourth-order valence-corrected chi connectivity index (χ4v) is 4.80. The molecule has 132 valence electrons. The zero-order valence-corrected chi connectivity index (χ0v) is 15.4. The Kier molecular flexibility index (Phi) is 4.42. The van der Waals surface area contributed by atoms with E-state index in [-0.39, 0.29) is 11.9 Å². The molecule has 1 aliphatic carbocycles. The number of thiophene rings is 1. The summed E-state index contributed by atoms with van der Waals surface area (Å²) in [7, 11) is 0. The Morgan fingerprint density at radius 1 is 1.28 bits per heavy atom. The summed E-state index contributed by atoms with van der Waals surface area (Å²) in [6, 6.07) is 5.79. The molecule has 1 aliphatic heterocycles. The highest BCUT2D eigenvalue weighted by Crippen LogP contribution is 2.34. The van der Waals surface area contributed by atoms with Gasteiger partial charge in [-0.25, -0.2) is 0 Å². The Labute approximate surface area is 152 Å². The molecule has 2 unspecified atom stereocenters. The van der Waals surface area contributed by atoms with Crippen LogP contribution < -0.4 is 14.8 Å². The zero-order chi connectivity index (χ0) is 17.4. The third kappa shape index (κ3) is 3.25. The molecule has 4 nitrogen and oxygen atoms in total. The monoisotopic (exact) mass is 357 g/mol. The standard InChI is InChI=1S/C20H23NO3S/c1-12-3-5-15-16(11-25-19(15)9-12)20(22)21-13(2)14-4-6-17-18(10-14)24-8-7-23-17/h4,6,10-13H,3,5,7-9H2,1-2H3,(H,21,22). The van der Waals surface area contributed by atoms with E-state index in [0.717, 1.165) is 41.4 Å². The van der Waals surface area contributed by atoms with E-state index in [0.29, 0.717) is 13.2 Å². The normalized spacial score (nSPS) is 19.8. The molecule has 1 amide bonds. The molecule has 5 heteroatoms. The van der Waals surface area contributed by atoms with Gasteiger partial charge in [0.15, 0.2) is 11.5 Å². The lowest BCUT2D eigenvalue weighted by Crippen LogP contribution is -2.28. The largest absolute Gasteiger partial charge is 0.486 e. The van der Waals surface area contributed by atoms with Crippen molar-refractivity contribution in [2.24, 2.45) is 5.92 Å². The fraction of sp³-hybridized carbons (Fsp3) is 0.450. The van der Waals surface area contributed by atoms with Gasteiger partial charge in [0, 0.05) is 10.3 Å². The van der Waals surface area contributed by atoms with E-state index in [2.05, 4.69) is 12.2 Å². The predicted molar refractivity (Wildman–Crippen MR) is 98.8 cm³/mol. The lowest BCUT2D eigenvalue weighted by Gasteiger charge is -2.22. The molecule has 2 atom stereocenters. The Morgan fingerprint density at radius 2 is 2.08 bits per heavy atom. The summed E-state index contributed by atoms with van der Waals surface area (Å²) in [4.78, 5) is 14.2. The number of amides is 1. The van der Waals surface area contributed by atoms with Crippen LogP contribution in [0.25, 0.3) is 0 Å². The van der Waals surface area contributed by atoms with E-state index in [1.54, 1.807) is 11.3 Å². The number of fused-ring (bicyclic) bond motifs is 2. The number of rotatable bonds is 3. The van der Waals surface area contributed by atoms with Crippen LogP contribution in [0.1, 0.15) is 52.7 Å². The number of benzene rings is 1. The third-order valence-electron chi connectivity index (χ3n) is 5.06. The molecule has 4 rings (SSSR count). The van der Waals surface area contributed by atoms with Crippen LogP contribution in [0.2, 0.25) is 0 Å². The van der Waals surface area contributed by atoms with Gasteiger partial charge in [-0.05, 0) is 55.4 Å². The Balaban J connectivity index is 1.49. The molecular formula is C20H23NO3S. The van der Waals surface area contributed by atoms with Gasteiger partial charge in [0.1, 0.15) is 13.2 Å². The molecular weight excluding hydrogens is 334 g/mol. The van der Waals surface area contributed by atoms with Crippen molar-refractivity contribution in [2.75, 3.05) is 13.2 Å². The summed E-state index contributed by atoms with van der Waals surface area (Å²) in [6.07, 6.45) is 3.29. The summed E-state index contributed by atoms with van der Waals surface area (Å²) in [6.45, 7) is 5.44. The van der Waals surface area contributed by atoms with Crippen LogP contribution in [0, 0.1) is 5.92 Å². The molecule has 25 heavy (non-hydrogen) atoms. The molecule has 0 saturated heterocycles. The van der Waals surface area contributed by atoms with E-state index in [1.807, 2.05) is 30.5 Å². The first-order chi connectivity index (χ1) is 12.1. The second kappa shape index (κ2) is 6.71. The number of carbonyl (C=O) groups excluding carboxylic acids is 1. The second-order valence-corrected chi connectivity index (χ2v) is 7.96. The van der Waals surface area contributed by atoms with E-state index < -0.39 is 0 Å². The smallest absolute Gasteiger partial charge is 0.252 e. The van der Waals surface area contributed by atoms with Crippen molar-refractivity contribution in [1.29, 1.82) is 0 Å². The average molecular weight is 357 g/mol. The Morgan fingerprint density at radius 3 is 2.92 bits per heavy atom. The molecule has 2 aliphatic rings. The van der Waals surface area contributed by atoms with Crippen LogP contribution in [0.4, 0.5) is 0 Å². The average Bonchev–Trinajstić information content (AvgIpc) is 3.04. The van der Waals surface area contributed by atoms with Crippen molar-refractivity contribution in [1.82, 2.24) is 5.32 Å². The number of carbonyl (C=O) groups is 1. The van der Waals surface area contributed by atoms with Gasteiger partial charge in [-0.2, -0.15) is 0 Å². The zero-order valence-electron chi connectivity index (χ0n) is 14.6. The van der Waals surface area contributed by atoms with E-state index in [9.17, 15) is 4.79 Å². The minimum Gasteiger partial charge on any atom is -0.486 e. The third-order valence-corrected chi connectivity index (χ3v) is 6.11. The highest BCUT2D eigenvalue weighted by atomic mass is 32.1. The van der Waals surface area contributed by atoms with Gasteiger partial charge in [0.05, 0.1) is 11.6 Å². The summed E-state index contributed by atoms with van der Waals surface area (Å²) in [5, 5.41) is 5.16. The molecule has 0 bridgehead atoms. The van der Waals surface area contributed by atoms with Crippen LogP contribution in [0.5, 0.6) is 11.5 Å². The first-order valence-electron chi connectivity index (χ1n) is 8.91. The minimum atomic E-state index is -0.0820. The SMILES string of the molecule is CC1CCc2c(C(=O)NC(C)c3ccc4c(c3)OCCO4)csc2C1. The summed E-state index contributed by atoms with van der Waals surface area (Å²) in [5.74, 6) is 2.27. The van der Waals surface area contributed by atoms with Crippen molar-refractivity contribution >= 4 is 17.2 Å². The van der Waals surface area contributed by atoms with Crippen molar-refractivity contribution in [3.05, 3.63) is 45.1 Å². The number of nitrogens with one attached hydrogen (secondary N) is 1. The van der Waals surface area contributed by atoms with Crippen molar-refractivity contribution in [3.8, 4) is 11.5 Å². The molecule has 1 aromatic carbocycles. The Hall–Kier alpha value is -2.01. The maximum Gasteiger partial charge on any atom is 0.252 e. The molecule has 0 fully saturated rings. The van der Waals surface area contributed by atoms with Gasteiger partial charge < -0.3 is 14.8 Å². The van der Waals surface area contributed by atoms with Gasteiger partial charge >= 0.3 is 0 Å². The van der Waals surface area contributed by atoms with E-state index in [4.69, 9.17) is 9.47 Å². The maximum atomic E-state index is 12.8. The topological polar surface area (TPSA) is 47.6 Å². The molecule has 2 aromatic rings. The molecule has 2 heterocycles. The Bertz CT molecular complexity index is 798. The van der Waals surface area contributed by atoms with Crippen LogP contribution in [-0.4, -0.2) is 19.1 Å². The van der Waals surface area contributed by atoms with Crippen molar-refractivity contribution in [2.45, 2.75) is 39.2 Å². The lowest BCUT2D eigenvalue weighted by atomic mass is 9.88. The lowest BCUT2D eigenvalue weighted by molar-refractivity contribution is 0.0939. The summed E-state index contributed by atoms with van der Waals surface area (Å²) in [5.41, 5.74) is 3.14. The number of ether oxygens (including phenoxy) is 2. The quantitative estimate of drug-likeness (QED) is 0.898. The van der Waals surface area contributed by atoms with E-state index >= 15 is 0 Å². The molecule has 1 N–H and O–H groups in total. The van der Waals surface area contributed by atoms with Crippen LogP contribution in [0.15, 0.2) is 23.6 Å². The van der Waals surface area contributed by atoms with Crippen LogP contribution in [-0.2, 0) is 12.8 Å². The van der Waals surface area contributed by atoms with Gasteiger partial charge in [-0.1, -0.05) is 13.0 Å². The highest BCUT2D eigenvalue weighted by molar-refractivity contribution is 7.10. The number of hydrogen-bond acceptors (Lipinski definition) is 4. The number of hydrogen-bond donors (Lipinski definition) is 1. The molecule has 0 radical (unpaired) electrons. The summed E-state index contributed by atoms with van der Waals surface area (Å²) >= 11 is 1.73. The van der Waals surface area contributed by atoms with E-state index in [1.165, 1.54) is 16.9 Å². The summed E-state index contributed by atoms with van der Waals surface area (Å²) < 4.78 is 11.2.